The lowest BCUT2D eigenvalue weighted by Crippen LogP contribution is -2.56. The van der Waals surface area contributed by atoms with E-state index in [2.05, 4.69) is 72.5 Å². The maximum atomic E-state index is 13.8. The molecule has 0 amide bonds. The van der Waals surface area contributed by atoms with Crippen LogP contribution in [0.1, 0.15) is 67.9 Å². The third kappa shape index (κ3) is 9.62. The number of benzene rings is 1. The lowest BCUT2D eigenvalue weighted by atomic mass is 10.0. The molecule has 4 nitrogen and oxygen atoms in total. The predicted octanol–water partition coefficient (Wildman–Crippen LogP) is 7.85. The van der Waals surface area contributed by atoms with Crippen molar-refractivity contribution in [1.29, 1.82) is 0 Å². The van der Waals surface area contributed by atoms with Crippen LogP contribution in [0.25, 0.3) is 0 Å². The Hall–Kier alpha value is -0.0962. The molecule has 0 saturated carbocycles. The SMILES string of the molecule is CC(C)(C)[S@](=O)N[C@@H](Cc1ccc(F)c(Cl)c1)[C@@H](CO[Si](C)(C)C(C)(C)C)O[Si](C)(C)C(C)(C)C. The molecular weight excluding hydrogens is 517 g/mol. The van der Waals surface area contributed by atoms with Crippen LogP contribution in [0.4, 0.5) is 4.39 Å². The van der Waals surface area contributed by atoms with Crippen LogP contribution in [-0.2, 0) is 26.3 Å². The molecule has 0 unspecified atom stereocenters. The Kier molecular flexibility index (Phi) is 11.1. The molecule has 0 spiro atoms. The summed E-state index contributed by atoms with van der Waals surface area (Å²) in [6, 6.07) is 4.44. The molecule has 0 bridgehead atoms. The first-order valence-electron chi connectivity index (χ1n) is 12.4. The van der Waals surface area contributed by atoms with Gasteiger partial charge in [-0.3, -0.25) is 0 Å². The van der Waals surface area contributed by atoms with Gasteiger partial charge in [-0.2, -0.15) is 0 Å². The first-order valence-corrected chi connectivity index (χ1v) is 19.8. The van der Waals surface area contributed by atoms with Crippen LogP contribution in [0.15, 0.2) is 18.2 Å². The van der Waals surface area contributed by atoms with E-state index in [0.717, 1.165) is 5.56 Å². The molecular formula is C26H49ClFNO3SSi2. The summed E-state index contributed by atoms with van der Waals surface area (Å²) in [6.07, 6.45) is 0.155. The highest BCUT2D eigenvalue weighted by molar-refractivity contribution is 7.84. The Morgan fingerprint density at radius 3 is 1.91 bits per heavy atom. The maximum Gasteiger partial charge on any atom is 0.192 e. The highest BCUT2D eigenvalue weighted by Gasteiger charge is 2.43. The topological polar surface area (TPSA) is 47.6 Å². The quantitative estimate of drug-likeness (QED) is 0.294. The van der Waals surface area contributed by atoms with Crippen LogP contribution >= 0.6 is 11.6 Å². The molecule has 1 N–H and O–H groups in total. The van der Waals surface area contributed by atoms with Gasteiger partial charge < -0.3 is 8.85 Å². The molecule has 1 aromatic rings. The van der Waals surface area contributed by atoms with Crippen LogP contribution in [0.3, 0.4) is 0 Å². The normalized spacial score (nSPS) is 16.8. The van der Waals surface area contributed by atoms with Gasteiger partial charge in [0.2, 0.25) is 0 Å². The Labute approximate surface area is 223 Å². The number of halogens is 2. The fourth-order valence-corrected chi connectivity index (χ4v) is 6.20. The van der Waals surface area contributed by atoms with E-state index in [0.29, 0.717) is 13.0 Å². The molecule has 0 heterocycles. The molecule has 0 aliphatic rings. The Bertz CT molecular complexity index is 877. The van der Waals surface area contributed by atoms with Crippen molar-refractivity contribution in [3.63, 3.8) is 0 Å². The van der Waals surface area contributed by atoms with E-state index < -0.39 is 38.2 Å². The van der Waals surface area contributed by atoms with Gasteiger partial charge >= 0.3 is 0 Å². The first kappa shape index (κ1) is 32.9. The monoisotopic (exact) mass is 565 g/mol. The van der Waals surface area contributed by atoms with Gasteiger partial charge in [-0.05, 0) is 81.2 Å². The van der Waals surface area contributed by atoms with E-state index in [-0.39, 0.29) is 27.2 Å². The van der Waals surface area contributed by atoms with Crippen molar-refractivity contribution in [1.82, 2.24) is 4.72 Å². The molecule has 204 valence electrons. The summed E-state index contributed by atoms with van der Waals surface area (Å²) in [6.45, 7) is 28.4. The summed E-state index contributed by atoms with van der Waals surface area (Å²) in [5.74, 6) is -0.450. The molecule has 0 fully saturated rings. The molecule has 9 heteroatoms. The summed E-state index contributed by atoms with van der Waals surface area (Å²) in [5, 5.41) is 0.128. The van der Waals surface area contributed by atoms with Crippen molar-refractivity contribution < 1.29 is 17.5 Å². The van der Waals surface area contributed by atoms with Gasteiger partial charge in [0.15, 0.2) is 16.6 Å². The van der Waals surface area contributed by atoms with Crippen LogP contribution in [-0.4, -0.2) is 44.3 Å². The molecule has 1 rings (SSSR count). The molecule has 0 radical (unpaired) electrons. The lowest BCUT2D eigenvalue weighted by molar-refractivity contribution is 0.0823. The van der Waals surface area contributed by atoms with E-state index in [4.69, 9.17) is 20.5 Å². The Morgan fingerprint density at radius 1 is 0.971 bits per heavy atom. The third-order valence-electron chi connectivity index (χ3n) is 7.37. The number of rotatable bonds is 10. The second-order valence-electron chi connectivity index (χ2n) is 13.5. The summed E-state index contributed by atoms with van der Waals surface area (Å²) in [5.41, 5.74) is 0.857. The second kappa shape index (κ2) is 11.7. The molecule has 0 saturated heterocycles. The number of hydrogen-bond acceptors (Lipinski definition) is 3. The van der Waals surface area contributed by atoms with Crippen molar-refractivity contribution in [2.75, 3.05) is 6.61 Å². The van der Waals surface area contributed by atoms with Crippen LogP contribution in [0.2, 0.25) is 41.3 Å². The van der Waals surface area contributed by atoms with E-state index in [1.807, 2.05) is 20.8 Å². The van der Waals surface area contributed by atoms with E-state index >= 15 is 0 Å². The Morgan fingerprint density at radius 2 is 1.49 bits per heavy atom. The van der Waals surface area contributed by atoms with Crippen molar-refractivity contribution in [3.05, 3.63) is 34.6 Å². The van der Waals surface area contributed by atoms with Crippen LogP contribution in [0.5, 0.6) is 0 Å². The standard InChI is InChI=1S/C26H49ClFNO3SSi2/c1-24(2,3)33(30)29-22(17-19-14-15-21(28)20(27)16-19)23(32-35(12,13)26(7,8)9)18-31-34(10,11)25(4,5)6/h14-16,22-23,29H,17-18H2,1-13H3/t22-,23+,33-/m0/s1. The molecule has 0 aliphatic carbocycles. The molecule has 1 aromatic carbocycles. The van der Waals surface area contributed by atoms with Gasteiger partial charge in [-0.25, -0.2) is 13.3 Å². The minimum absolute atomic E-state index is 0.00483. The molecule has 3 atom stereocenters. The zero-order valence-corrected chi connectivity index (χ0v) is 27.8. The Balaban J connectivity index is 3.47. The van der Waals surface area contributed by atoms with Gasteiger partial charge in [0, 0.05) is 0 Å². The fourth-order valence-electron chi connectivity index (χ4n) is 2.78. The summed E-state index contributed by atoms with van der Waals surface area (Å²) < 4.78 is 43.6. The first-order chi connectivity index (χ1) is 15.5. The molecule has 35 heavy (non-hydrogen) atoms. The smallest absolute Gasteiger partial charge is 0.192 e. The summed E-state index contributed by atoms with van der Waals surface area (Å²) in [7, 11) is -5.58. The zero-order valence-electron chi connectivity index (χ0n) is 24.2. The van der Waals surface area contributed by atoms with Gasteiger partial charge in [0.1, 0.15) is 5.82 Å². The lowest BCUT2D eigenvalue weighted by Gasteiger charge is -2.44. The van der Waals surface area contributed by atoms with E-state index in [9.17, 15) is 8.60 Å². The summed E-state index contributed by atoms with van der Waals surface area (Å²) in [4.78, 5) is 0. The number of hydrogen-bond donors (Lipinski definition) is 1. The van der Waals surface area contributed by atoms with Gasteiger partial charge in [0.05, 0.1) is 39.5 Å². The van der Waals surface area contributed by atoms with Crippen LogP contribution in [0, 0.1) is 5.82 Å². The minimum Gasteiger partial charge on any atom is -0.414 e. The maximum absolute atomic E-state index is 13.8. The van der Waals surface area contributed by atoms with Crippen molar-refractivity contribution in [2.45, 2.75) is 122 Å². The van der Waals surface area contributed by atoms with E-state index in [1.54, 1.807) is 12.1 Å². The van der Waals surface area contributed by atoms with Gasteiger partial charge in [-0.1, -0.05) is 59.2 Å². The van der Waals surface area contributed by atoms with Crippen molar-refractivity contribution in [2.24, 2.45) is 0 Å². The predicted molar refractivity (Wildman–Crippen MR) is 155 cm³/mol. The van der Waals surface area contributed by atoms with Crippen LogP contribution < -0.4 is 4.72 Å². The highest BCUT2D eigenvalue weighted by atomic mass is 35.5. The second-order valence-corrected chi connectivity index (χ2v) is 25.5. The third-order valence-corrected chi connectivity index (χ3v) is 18.3. The fraction of sp³-hybridized carbons (Fsp3) is 0.769. The number of nitrogens with one attached hydrogen (secondary N) is 1. The van der Waals surface area contributed by atoms with Crippen molar-refractivity contribution in [3.8, 4) is 0 Å². The van der Waals surface area contributed by atoms with E-state index in [1.165, 1.54) is 6.07 Å². The average Bonchev–Trinajstić information content (AvgIpc) is 2.64. The van der Waals surface area contributed by atoms with Gasteiger partial charge in [0.25, 0.3) is 0 Å². The average molecular weight is 566 g/mol. The minimum atomic E-state index is -2.20. The molecule has 0 aliphatic heterocycles. The van der Waals surface area contributed by atoms with Crippen molar-refractivity contribution >= 4 is 39.2 Å². The molecule has 0 aromatic heterocycles. The highest BCUT2D eigenvalue weighted by Crippen LogP contribution is 2.40. The largest absolute Gasteiger partial charge is 0.414 e. The summed E-state index contributed by atoms with van der Waals surface area (Å²) >= 11 is 6.09. The van der Waals surface area contributed by atoms with Gasteiger partial charge in [-0.15, -0.1) is 0 Å². The zero-order chi connectivity index (χ0) is 27.6.